The Balaban J connectivity index is 1.82. The van der Waals surface area contributed by atoms with Crippen LogP contribution in [0.25, 0.3) is 22.5 Å². The molecule has 0 bridgehead atoms. The van der Waals surface area contributed by atoms with Gasteiger partial charge in [0.15, 0.2) is 5.78 Å². The maximum Gasteiger partial charge on any atom is 0.336 e. The Morgan fingerprint density at radius 1 is 0.886 bits per heavy atom. The van der Waals surface area contributed by atoms with E-state index in [1.807, 2.05) is 0 Å². The Kier molecular flexibility index (Phi) is 6.28. The number of benzene rings is 3. The molecule has 0 atom stereocenters. The summed E-state index contributed by atoms with van der Waals surface area (Å²) >= 11 is 0. The third-order valence-corrected chi connectivity index (χ3v) is 5.47. The highest BCUT2D eigenvalue weighted by atomic mass is 16.4. The van der Waals surface area contributed by atoms with Crippen LogP contribution in [0, 0.1) is 5.41 Å². The molecule has 0 spiro atoms. The molecule has 4 rings (SSSR count). The first-order valence-electron chi connectivity index (χ1n) is 10.6. The van der Waals surface area contributed by atoms with Crippen LogP contribution in [0.1, 0.15) is 43.6 Å². The highest BCUT2D eigenvalue weighted by Crippen LogP contribution is 2.33. The lowest BCUT2D eigenvalue weighted by molar-refractivity contribution is 0.0697. The van der Waals surface area contributed by atoms with Gasteiger partial charge in [0.2, 0.25) is 0 Å². The number of amidine groups is 1. The van der Waals surface area contributed by atoms with Crippen molar-refractivity contribution in [3.05, 3.63) is 101 Å². The van der Waals surface area contributed by atoms with Gasteiger partial charge in [-0.15, -0.1) is 0 Å². The summed E-state index contributed by atoms with van der Waals surface area (Å²) in [5.74, 6) is -1.51. The number of hydrogen-bond donors (Lipinski definition) is 4. The Bertz CT molecular complexity index is 1450. The van der Waals surface area contributed by atoms with Crippen LogP contribution in [-0.4, -0.2) is 28.6 Å². The third-order valence-electron chi connectivity index (χ3n) is 5.47. The Labute approximate surface area is 200 Å². The molecule has 1 aromatic heterocycles. The van der Waals surface area contributed by atoms with E-state index in [4.69, 9.17) is 15.6 Å². The number of nitrogens with one attached hydrogen (secondary N) is 2. The molecule has 1 amide bonds. The summed E-state index contributed by atoms with van der Waals surface area (Å²) in [5, 5.41) is 20.1. The zero-order chi connectivity index (χ0) is 25.1. The van der Waals surface area contributed by atoms with Crippen LogP contribution in [0.4, 0.5) is 5.69 Å². The number of anilines is 1. The SMILES string of the molecule is CC(=O)c1ccc(-c2ccc(-c3ccco3)cc2C(=O)Nc2ccc(C(=N)N)cc2)c(C(=O)O)c1. The molecule has 0 fully saturated rings. The minimum Gasteiger partial charge on any atom is -0.478 e. The fraction of sp³-hybridized carbons (Fsp3) is 0.0370. The van der Waals surface area contributed by atoms with E-state index in [1.54, 1.807) is 54.6 Å². The lowest BCUT2D eigenvalue weighted by atomic mass is 9.91. The van der Waals surface area contributed by atoms with Gasteiger partial charge in [-0.05, 0) is 66.6 Å². The second kappa shape index (κ2) is 9.48. The van der Waals surface area contributed by atoms with Gasteiger partial charge in [0, 0.05) is 27.9 Å². The standard InChI is InChI=1S/C27H21N3O5/c1-15(31)17-6-10-21(23(13-17)27(33)34)20-11-7-18(24-3-2-12-35-24)14-22(20)26(32)30-19-8-4-16(5-9-19)25(28)29/h2-14H,1H3,(H3,28,29)(H,30,32)(H,33,34). The van der Waals surface area contributed by atoms with E-state index in [2.05, 4.69) is 5.32 Å². The van der Waals surface area contributed by atoms with Crippen LogP contribution in [-0.2, 0) is 0 Å². The summed E-state index contributed by atoms with van der Waals surface area (Å²) in [5.41, 5.74) is 8.17. The number of ketones is 1. The van der Waals surface area contributed by atoms with Gasteiger partial charge in [-0.25, -0.2) is 4.79 Å². The maximum absolute atomic E-state index is 13.4. The van der Waals surface area contributed by atoms with Crippen LogP contribution < -0.4 is 11.1 Å². The molecule has 35 heavy (non-hydrogen) atoms. The number of Topliss-reactive ketones (excluding diaryl/α,β-unsaturated/α-hetero) is 1. The Hall–Kier alpha value is -4.98. The molecule has 8 nitrogen and oxygen atoms in total. The lowest BCUT2D eigenvalue weighted by Crippen LogP contribution is -2.15. The molecule has 3 aromatic carbocycles. The number of amides is 1. The molecule has 0 unspecified atom stereocenters. The third kappa shape index (κ3) is 4.86. The molecular weight excluding hydrogens is 446 g/mol. The minimum atomic E-state index is -1.22. The zero-order valence-corrected chi connectivity index (χ0v) is 18.7. The van der Waals surface area contributed by atoms with Gasteiger partial charge in [0.1, 0.15) is 11.6 Å². The van der Waals surface area contributed by atoms with Crippen molar-refractivity contribution in [3.8, 4) is 22.5 Å². The fourth-order valence-corrected chi connectivity index (χ4v) is 3.67. The van der Waals surface area contributed by atoms with E-state index in [9.17, 15) is 19.5 Å². The average Bonchev–Trinajstić information content (AvgIpc) is 3.38. The second-order valence-electron chi connectivity index (χ2n) is 7.80. The van der Waals surface area contributed by atoms with Gasteiger partial charge < -0.3 is 20.6 Å². The fourth-order valence-electron chi connectivity index (χ4n) is 3.67. The van der Waals surface area contributed by atoms with Crippen molar-refractivity contribution in [1.29, 1.82) is 5.41 Å². The van der Waals surface area contributed by atoms with E-state index >= 15 is 0 Å². The van der Waals surface area contributed by atoms with Crippen molar-refractivity contribution in [2.24, 2.45) is 5.73 Å². The number of aromatic carboxylic acids is 1. The number of carbonyl (C=O) groups excluding carboxylic acids is 2. The Morgan fingerprint density at radius 2 is 1.54 bits per heavy atom. The van der Waals surface area contributed by atoms with E-state index in [0.717, 1.165) is 0 Å². The van der Waals surface area contributed by atoms with E-state index in [0.29, 0.717) is 33.7 Å². The van der Waals surface area contributed by atoms with E-state index < -0.39 is 11.9 Å². The lowest BCUT2D eigenvalue weighted by Gasteiger charge is -2.15. The van der Waals surface area contributed by atoms with Gasteiger partial charge in [-0.2, -0.15) is 0 Å². The van der Waals surface area contributed by atoms with Crippen molar-refractivity contribution in [2.45, 2.75) is 6.92 Å². The minimum absolute atomic E-state index is 0.0912. The first kappa shape index (κ1) is 23.2. The summed E-state index contributed by atoms with van der Waals surface area (Å²) in [7, 11) is 0. The van der Waals surface area contributed by atoms with E-state index in [-0.39, 0.29) is 28.3 Å². The largest absolute Gasteiger partial charge is 0.478 e. The quantitative estimate of drug-likeness (QED) is 0.170. The average molecular weight is 467 g/mol. The predicted molar refractivity (Wildman–Crippen MR) is 132 cm³/mol. The summed E-state index contributed by atoms with van der Waals surface area (Å²) < 4.78 is 5.46. The number of rotatable bonds is 7. The first-order valence-corrected chi connectivity index (χ1v) is 10.6. The molecule has 8 heteroatoms. The topological polar surface area (TPSA) is 146 Å². The molecule has 0 saturated carbocycles. The molecular formula is C27H21N3O5. The number of carboxylic acids is 1. The predicted octanol–water partition coefficient (Wildman–Crippen LogP) is 5.05. The summed E-state index contributed by atoms with van der Waals surface area (Å²) in [6.07, 6.45) is 1.52. The number of hydrogen-bond acceptors (Lipinski definition) is 5. The molecule has 1 heterocycles. The molecule has 0 aliphatic heterocycles. The molecule has 5 N–H and O–H groups in total. The normalized spacial score (nSPS) is 10.5. The van der Waals surface area contributed by atoms with Crippen molar-refractivity contribution in [1.82, 2.24) is 0 Å². The zero-order valence-electron chi connectivity index (χ0n) is 18.7. The van der Waals surface area contributed by atoms with Gasteiger partial charge in [-0.1, -0.05) is 24.3 Å². The molecule has 4 aromatic rings. The number of carbonyl (C=O) groups is 3. The summed E-state index contributed by atoms with van der Waals surface area (Å²) in [4.78, 5) is 37.2. The van der Waals surface area contributed by atoms with E-state index in [1.165, 1.54) is 31.4 Å². The van der Waals surface area contributed by atoms with Crippen LogP contribution in [0.15, 0.2) is 83.5 Å². The second-order valence-corrected chi connectivity index (χ2v) is 7.80. The number of nitrogen functional groups attached to an aromatic ring is 1. The number of carboxylic acid groups (broad SMARTS) is 1. The van der Waals surface area contributed by atoms with Crippen molar-refractivity contribution >= 4 is 29.2 Å². The van der Waals surface area contributed by atoms with Gasteiger partial charge >= 0.3 is 5.97 Å². The van der Waals surface area contributed by atoms with Gasteiger partial charge in [0.05, 0.1) is 11.8 Å². The van der Waals surface area contributed by atoms with Crippen LogP contribution in [0.3, 0.4) is 0 Å². The van der Waals surface area contributed by atoms with Crippen LogP contribution in [0.2, 0.25) is 0 Å². The number of furan rings is 1. The number of nitrogens with two attached hydrogens (primary N) is 1. The smallest absolute Gasteiger partial charge is 0.336 e. The summed E-state index contributed by atoms with van der Waals surface area (Å²) in [6.45, 7) is 1.36. The molecule has 0 saturated heterocycles. The van der Waals surface area contributed by atoms with Crippen molar-refractivity contribution in [2.75, 3.05) is 5.32 Å². The monoisotopic (exact) mass is 467 g/mol. The molecule has 174 valence electrons. The van der Waals surface area contributed by atoms with Crippen LogP contribution >= 0.6 is 0 Å². The Morgan fingerprint density at radius 3 is 2.14 bits per heavy atom. The molecule has 0 aliphatic carbocycles. The van der Waals surface area contributed by atoms with Gasteiger partial charge in [0.25, 0.3) is 5.91 Å². The molecule has 0 radical (unpaired) electrons. The highest BCUT2D eigenvalue weighted by molar-refractivity contribution is 6.11. The summed E-state index contributed by atoms with van der Waals surface area (Å²) in [6, 6.07) is 19.3. The van der Waals surface area contributed by atoms with Crippen molar-refractivity contribution < 1.29 is 23.9 Å². The highest BCUT2D eigenvalue weighted by Gasteiger charge is 2.21. The van der Waals surface area contributed by atoms with Crippen LogP contribution in [0.5, 0.6) is 0 Å². The van der Waals surface area contributed by atoms with Gasteiger partial charge in [-0.3, -0.25) is 15.0 Å². The maximum atomic E-state index is 13.4. The first-order chi connectivity index (χ1) is 16.7. The molecule has 0 aliphatic rings. The van der Waals surface area contributed by atoms with Crippen molar-refractivity contribution in [3.63, 3.8) is 0 Å².